The van der Waals surface area contributed by atoms with Crippen molar-refractivity contribution in [2.24, 2.45) is 0 Å². The summed E-state index contributed by atoms with van der Waals surface area (Å²) in [6.07, 6.45) is 4.61. The van der Waals surface area contributed by atoms with E-state index in [1.807, 2.05) is 0 Å². The molecule has 1 aromatic carbocycles. The van der Waals surface area contributed by atoms with Gasteiger partial charge in [0.1, 0.15) is 0 Å². The van der Waals surface area contributed by atoms with Crippen LogP contribution in [-0.2, 0) is 0 Å². The van der Waals surface area contributed by atoms with Crippen LogP contribution in [0.5, 0.6) is 0 Å². The molecule has 0 heterocycles. The number of hydrogen-bond donors (Lipinski definition) is 3. The molecule has 1 saturated carbocycles. The summed E-state index contributed by atoms with van der Waals surface area (Å²) < 4.78 is 0. The lowest BCUT2D eigenvalue weighted by Gasteiger charge is -2.36. The number of anilines is 1. The van der Waals surface area contributed by atoms with Crippen LogP contribution in [0.2, 0.25) is 0 Å². The highest BCUT2D eigenvalue weighted by Gasteiger charge is 2.32. The van der Waals surface area contributed by atoms with Gasteiger partial charge in [0.05, 0.1) is 17.1 Å². The predicted molar refractivity (Wildman–Crippen MR) is 78.2 cm³/mol. The molecule has 0 aromatic heterocycles. The number of benzene rings is 1. The van der Waals surface area contributed by atoms with Gasteiger partial charge in [0.25, 0.3) is 5.69 Å². The van der Waals surface area contributed by atoms with Crippen molar-refractivity contribution in [3.8, 4) is 0 Å². The van der Waals surface area contributed by atoms with Crippen molar-refractivity contribution < 1.29 is 14.8 Å². The van der Waals surface area contributed by atoms with E-state index < -0.39 is 16.5 Å². The number of aliphatic hydroxyl groups excluding tert-OH is 1. The van der Waals surface area contributed by atoms with Crippen LogP contribution >= 0.6 is 0 Å². The van der Waals surface area contributed by atoms with E-state index in [1.54, 1.807) is 0 Å². The maximum Gasteiger partial charge on any atom is 0.319 e. The van der Waals surface area contributed by atoms with Gasteiger partial charge in [0, 0.05) is 17.8 Å². The van der Waals surface area contributed by atoms with E-state index in [0.717, 1.165) is 32.1 Å². The number of amides is 2. The highest BCUT2D eigenvalue weighted by molar-refractivity contribution is 5.89. The fraction of sp³-hybridized carbons (Fsp3) is 0.500. The number of non-ortho nitro benzene ring substituents is 1. The van der Waals surface area contributed by atoms with E-state index in [9.17, 15) is 20.0 Å². The standard InChI is InChI=1S/C14H19N3O4/c18-10-14(8-2-1-3-9-14)16-13(19)15-11-4-6-12(7-5-11)17(20)21/h4-7,18H,1-3,8-10H2,(H2,15,16,19). The highest BCUT2D eigenvalue weighted by Crippen LogP contribution is 2.27. The Morgan fingerprint density at radius 2 is 1.86 bits per heavy atom. The number of urea groups is 1. The molecule has 7 heteroatoms. The van der Waals surface area contributed by atoms with E-state index in [4.69, 9.17) is 0 Å². The smallest absolute Gasteiger partial charge is 0.319 e. The molecule has 0 unspecified atom stereocenters. The highest BCUT2D eigenvalue weighted by atomic mass is 16.6. The third-order valence-electron chi connectivity index (χ3n) is 3.83. The van der Waals surface area contributed by atoms with E-state index >= 15 is 0 Å². The second kappa shape index (κ2) is 6.53. The molecule has 0 aliphatic heterocycles. The molecular weight excluding hydrogens is 274 g/mol. The first-order valence-corrected chi connectivity index (χ1v) is 6.99. The Morgan fingerprint density at radius 3 is 2.38 bits per heavy atom. The van der Waals surface area contributed by atoms with Crippen molar-refractivity contribution in [3.05, 3.63) is 34.4 Å². The van der Waals surface area contributed by atoms with Gasteiger partial charge >= 0.3 is 6.03 Å². The first kappa shape index (κ1) is 15.2. The molecule has 1 fully saturated rings. The Bertz CT molecular complexity index is 509. The molecule has 0 radical (unpaired) electrons. The number of carbonyl (C=O) groups is 1. The van der Waals surface area contributed by atoms with Crippen molar-refractivity contribution in [2.45, 2.75) is 37.6 Å². The van der Waals surface area contributed by atoms with Gasteiger partial charge in [0.15, 0.2) is 0 Å². The Morgan fingerprint density at radius 1 is 1.24 bits per heavy atom. The van der Waals surface area contributed by atoms with Gasteiger partial charge < -0.3 is 15.7 Å². The average Bonchev–Trinajstić information content (AvgIpc) is 2.48. The number of carbonyl (C=O) groups excluding carboxylic acids is 1. The molecule has 0 bridgehead atoms. The second-order valence-corrected chi connectivity index (χ2v) is 5.38. The number of hydrogen-bond acceptors (Lipinski definition) is 4. The first-order valence-electron chi connectivity index (χ1n) is 6.99. The van der Waals surface area contributed by atoms with Gasteiger partial charge in [-0.1, -0.05) is 19.3 Å². The Kier molecular flexibility index (Phi) is 4.74. The van der Waals surface area contributed by atoms with Gasteiger partial charge in [-0.25, -0.2) is 4.79 Å². The monoisotopic (exact) mass is 293 g/mol. The van der Waals surface area contributed by atoms with E-state index in [1.165, 1.54) is 24.3 Å². The summed E-state index contributed by atoms with van der Waals surface area (Å²) in [6.45, 7) is -0.0827. The molecule has 21 heavy (non-hydrogen) atoms. The zero-order valence-corrected chi connectivity index (χ0v) is 11.7. The van der Waals surface area contributed by atoms with Crippen LogP contribution < -0.4 is 10.6 Å². The Labute approximate surface area is 122 Å². The van der Waals surface area contributed by atoms with Crippen LogP contribution in [0.4, 0.5) is 16.2 Å². The number of aliphatic hydroxyl groups is 1. The summed E-state index contributed by atoms with van der Waals surface area (Å²) in [5.41, 5.74) is -0.106. The first-order chi connectivity index (χ1) is 10.0. The van der Waals surface area contributed by atoms with Crippen LogP contribution in [0.3, 0.4) is 0 Å². The molecule has 114 valence electrons. The fourth-order valence-electron chi connectivity index (χ4n) is 2.62. The van der Waals surface area contributed by atoms with Crippen LogP contribution in [0.15, 0.2) is 24.3 Å². The van der Waals surface area contributed by atoms with E-state index in [0.29, 0.717) is 5.69 Å². The summed E-state index contributed by atoms with van der Waals surface area (Å²) >= 11 is 0. The van der Waals surface area contributed by atoms with E-state index in [2.05, 4.69) is 10.6 Å². The van der Waals surface area contributed by atoms with Crippen molar-refractivity contribution >= 4 is 17.4 Å². The molecule has 1 aromatic rings. The topological polar surface area (TPSA) is 104 Å². The molecule has 1 aliphatic rings. The minimum atomic E-state index is -0.552. The summed E-state index contributed by atoms with van der Waals surface area (Å²) in [6, 6.07) is 5.21. The Balaban J connectivity index is 1.95. The Hall–Kier alpha value is -2.15. The number of nitro groups is 1. The average molecular weight is 293 g/mol. The third kappa shape index (κ3) is 3.91. The van der Waals surface area contributed by atoms with Gasteiger partial charge in [-0.15, -0.1) is 0 Å². The second-order valence-electron chi connectivity index (χ2n) is 5.38. The maximum atomic E-state index is 12.0. The largest absolute Gasteiger partial charge is 0.394 e. The number of nitro benzene ring substituents is 1. The zero-order valence-electron chi connectivity index (χ0n) is 11.7. The number of nitrogens with one attached hydrogen (secondary N) is 2. The summed E-state index contributed by atoms with van der Waals surface area (Å²) in [5, 5.41) is 25.6. The molecule has 0 spiro atoms. The fourth-order valence-corrected chi connectivity index (χ4v) is 2.62. The third-order valence-corrected chi connectivity index (χ3v) is 3.83. The summed E-state index contributed by atoms with van der Waals surface area (Å²) in [5.74, 6) is 0. The molecule has 1 aliphatic carbocycles. The molecular formula is C14H19N3O4. The number of rotatable bonds is 4. The summed E-state index contributed by atoms with van der Waals surface area (Å²) in [4.78, 5) is 22.1. The van der Waals surface area contributed by atoms with Crippen molar-refractivity contribution in [1.29, 1.82) is 0 Å². The molecule has 3 N–H and O–H groups in total. The van der Waals surface area contributed by atoms with Crippen LogP contribution in [-0.4, -0.2) is 28.2 Å². The van der Waals surface area contributed by atoms with Crippen molar-refractivity contribution in [2.75, 3.05) is 11.9 Å². The minimum Gasteiger partial charge on any atom is -0.394 e. The normalized spacial score (nSPS) is 17.0. The van der Waals surface area contributed by atoms with E-state index in [-0.39, 0.29) is 12.3 Å². The van der Waals surface area contributed by atoms with Crippen LogP contribution in [0.1, 0.15) is 32.1 Å². The lowest BCUT2D eigenvalue weighted by Crippen LogP contribution is -2.53. The quantitative estimate of drug-likeness (QED) is 0.585. The van der Waals surface area contributed by atoms with Gasteiger partial charge in [0.2, 0.25) is 0 Å². The number of nitrogens with zero attached hydrogens (tertiary/aromatic N) is 1. The van der Waals surface area contributed by atoms with Crippen LogP contribution in [0, 0.1) is 10.1 Å². The minimum absolute atomic E-state index is 0.0277. The maximum absolute atomic E-state index is 12.0. The van der Waals surface area contributed by atoms with Crippen molar-refractivity contribution in [3.63, 3.8) is 0 Å². The molecule has 2 amide bonds. The SMILES string of the molecule is O=C(Nc1ccc([N+](=O)[O-])cc1)NC1(CO)CCCCC1. The molecule has 0 atom stereocenters. The van der Waals surface area contributed by atoms with Crippen LogP contribution in [0.25, 0.3) is 0 Å². The molecule has 0 saturated heterocycles. The molecule has 7 nitrogen and oxygen atoms in total. The summed E-state index contributed by atoms with van der Waals surface area (Å²) in [7, 11) is 0. The van der Waals surface area contributed by atoms with Gasteiger partial charge in [-0.05, 0) is 25.0 Å². The van der Waals surface area contributed by atoms with Gasteiger partial charge in [-0.3, -0.25) is 10.1 Å². The predicted octanol–water partition coefficient (Wildman–Crippen LogP) is 2.41. The lowest BCUT2D eigenvalue weighted by molar-refractivity contribution is -0.384. The van der Waals surface area contributed by atoms with Crippen molar-refractivity contribution in [1.82, 2.24) is 5.32 Å². The zero-order chi connectivity index (χ0) is 15.3. The van der Waals surface area contributed by atoms with Gasteiger partial charge in [-0.2, -0.15) is 0 Å². The lowest BCUT2D eigenvalue weighted by atomic mass is 9.82. The molecule has 2 rings (SSSR count).